The summed E-state index contributed by atoms with van der Waals surface area (Å²) in [4.78, 5) is 11.8. The lowest BCUT2D eigenvalue weighted by molar-refractivity contribution is -0.116. The van der Waals surface area contributed by atoms with E-state index in [4.69, 9.17) is 5.73 Å². The summed E-state index contributed by atoms with van der Waals surface area (Å²) in [7, 11) is 0. The first kappa shape index (κ1) is 14.1. The van der Waals surface area contributed by atoms with Crippen LogP contribution < -0.4 is 11.1 Å². The molecule has 0 radical (unpaired) electrons. The SMILES string of the molecule is Cc1ccccc1CCC(=O)Nc1ccc(N)cc1F. The third-order valence-electron chi connectivity index (χ3n) is 3.15. The molecule has 0 aromatic heterocycles. The van der Waals surface area contributed by atoms with Crippen molar-refractivity contribution in [3.63, 3.8) is 0 Å². The molecule has 1 amide bonds. The number of hydrogen-bond acceptors (Lipinski definition) is 2. The maximum Gasteiger partial charge on any atom is 0.224 e. The van der Waals surface area contributed by atoms with E-state index in [0.717, 1.165) is 11.1 Å². The fourth-order valence-electron chi connectivity index (χ4n) is 1.98. The van der Waals surface area contributed by atoms with Crippen molar-refractivity contribution in [3.05, 3.63) is 59.4 Å². The first-order valence-corrected chi connectivity index (χ1v) is 6.45. The zero-order valence-corrected chi connectivity index (χ0v) is 11.3. The highest BCUT2D eigenvalue weighted by atomic mass is 19.1. The van der Waals surface area contributed by atoms with Gasteiger partial charge in [-0.05, 0) is 42.7 Å². The zero-order valence-electron chi connectivity index (χ0n) is 11.3. The van der Waals surface area contributed by atoms with E-state index in [-0.39, 0.29) is 11.6 Å². The zero-order chi connectivity index (χ0) is 14.5. The molecule has 0 spiro atoms. The number of carbonyl (C=O) groups is 1. The molecule has 0 fully saturated rings. The van der Waals surface area contributed by atoms with E-state index in [1.165, 1.54) is 12.1 Å². The Kier molecular flexibility index (Phi) is 4.35. The summed E-state index contributed by atoms with van der Waals surface area (Å²) in [5, 5.41) is 2.56. The van der Waals surface area contributed by atoms with Crippen molar-refractivity contribution in [3.8, 4) is 0 Å². The second kappa shape index (κ2) is 6.19. The van der Waals surface area contributed by atoms with Crippen molar-refractivity contribution < 1.29 is 9.18 Å². The summed E-state index contributed by atoms with van der Waals surface area (Å²) < 4.78 is 13.5. The minimum absolute atomic E-state index is 0.161. The van der Waals surface area contributed by atoms with Gasteiger partial charge in [0.1, 0.15) is 5.82 Å². The molecule has 104 valence electrons. The molecule has 0 unspecified atom stereocenters. The second-order valence-corrected chi connectivity index (χ2v) is 4.71. The fraction of sp³-hybridized carbons (Fsp3) is 0.188. The number of aryl methyl sites for hydroxylation is 2. The molecule has 3 nitrogen and oxygen atoms in total. The third-order valence-corrected chi connectivity index (χ3v) is 3.15. The topological polar surface area (TPSA) is 55.1 Å². The third kappa shape index (κ3) is 3.57. The number of nitrogen functional groups attached to an aromatic ring is 1. The van der Waals surface area contributed by atoms with Crippen LogP contribution in [0, 0.1) is 12.7 Å². The molecule has 0 aliphatic carbocycles. The Bertz CT molecular complexity index is 626. The van der Waals surface area contributed by atoms with Crippen molar-refractivity contribution in [1.82, 2.24) is 0 Å². The van der Waals surface area contributed by atoms with E-state index >= 15 is 0 Å². The van der Waals surface area contributed by atoms with Crippen molar-refractivity contribution in [1.29, 1.82) is 0 Å². The van der Waals surface area contributed by atoms with Crippen molar-refractivity contribution in [2.24, 2.45) is 0 Å². The predicted molar refractivity (Wildman–Crippen MR) is 78.9 cm³/mol. The number of carbonyl (C=O) groups excluding carboxylic acids is 1. The number of rotatable bonds is 4. The normalized spacial score (nSPS) is 10.3. The number of benzene rings is 2. The van der Waals surface area contributed by atoms with Gasteiger partial charge >= 0.3 is 0 Å². The van der Waals surface area contributed by atoms with E-state index < -0.39 is 5.82 Å². The molecule has 0 atom stereocenters. The predicted octanol–water partition coefficient (Wildman–Crippen LogP) is 3.29. The summed E-state index contributed by atoms with van der Waals surface area (Å²) in [6.07, 6.45) is 0.948. The van der Waals surface area contributed by atoms with E-state index in [0.29, 0.717) is 18.5 Å². The number of nitrogens with two attached hydrogens (primary N) is 1. The van der Waals surface area contributed by atoms with E-state index in [2.05, 4.69) is 5.32 Å². The number of amides is 1. The Hall–Kier alpha value is -2.36. The van der Waals surface area contributed by atoms with Crippen LogP contribution in [0.15, 0.2) is 42.5 Å². The van der Waals surface area contributed by atoms with E-state index in [9.17, 15) is 9.18 Å². The van der Waals surface area contributed by atoms with Gasteiger partial charge in [-0.3, -0.25) is 4.79 Å². The molecule has 0 heterocycles. The van der Waals surface area contributed by atoms with Gasteiger partial charge in [-0.15, -0.1) is 0 Å². The molecule has 2 aromatic carbocycles. The Morgan fingerprint density at radius 3 is 2.70 bits per heavy atom. The van der Waals surface area contributed by atoms with Crippen LogP contribution in [0.5, 0.6) is 0 Å². The lowest BCUT2D eigenvalue weighted by atomic mass is 10.0. The summed E-state index contributed by atoms with van der Waals surface area (Å²) in [5.41, 5.74) is 8.23. The highest BCUT2D eigenvalue weighted by Gasteiger charge is 2.08. The van der Waals surface area contributed by atoms with Crippen molar-refractivity contribution in [2.45, 2.75) is 19.8 Å². The largest absolute Gasteiger partial charge is 0.399 e. The van der Waals surface area contributed by atoms with Gasteiger partial charge in [0.25, 0.3) is 0 Å². The highest BCUT2D eigenvalue weighted by molar-refractivity contribution is 5.91. The first-order valence-electron chi connectivity index (χ1n) is 6.45. The van der Waals surface area contributed by atoms with Crippen LogP contribution >= 0.6 is 0 Å². The Morgan fingerprint density at radius 2 is 2.00 bits per heavy atom. The monoisotopic (exact) mass is 272 g/mol. The lowest BCUT2D eigenvalue weighted by Gasteiger charge is -2.08. The van der Waals surface area contributed by atoms with Crippen molar-refractivity contribution >= 4 is 17.3 Å². The molecule has 4 heteroatoms. The molecule has 3 N–H and O–H groups in total. The number of hydrogen-bond donors (Lipinski definition) is 2. The van der Waals surface area contributed by atoms with Gasteiger partial charge in [-0.1, -0.05) is 24.3 Å². The maximum absolute atomic E-state index is 13.5. The van der Waals surface area contributed by atoms with Gasteiger partial charge in [-0.25, -0.2) is 4.39 Å². The van der Waals surface area contributed by atoms with Crippen LogP contribution in [-0.4, -0.2) is 5.91 Å². The number of anilines is 2. The molecule has 2 aromatic rings. The minimum Gasteiger partial charge on any atom is -0.399 e. The van der Waals surface area contributed by atoms with Crippen LogP contribution in [0.2, 0.25) is 0 Å². The molecule has 0 bridgehead atoms. The standard InChI is InChI=1S/C16H17FN2O/c1-11-4-2-3-5-12(11)6-9-16(20)19-15-8-7-13(18)10-14(15)17/h2-5,7-8,10H,6,9,18H2,1H3,(H,19,20). The molecule has 0 saturated carbocycles. The van der Waals surface area contributed by atoms with Crippen molar-refractivity contribution in [2.75, 3.05) is 11.1 Å². The summed E-state index contributed by atoms with van der Waals surface area (Å²) in [6, 6.07) is 12.1. The van der Waals surface area contributed by atoms with Gasteiger partial charge in [-0.2, -0.15) is 0 Å². The van der Waals surface area contributed by atoms with Gasteiger partial charge in [0.15, 0.2) is 0 Å². The molecule has 20 heavy (non-hydrogen) atoms. The summed E-state index contributed by atoms with van der Waals surface area (Å²) >= 11 is 0. The van der Waals surface area contributed by atoms with Crippen LogP contribution in [-0.2, 0) is 11.2 Å². The molecule has 0 aliphatic heterocycles. The quantitative estimate of drug-likeness (QED) is 0.839. The summed E-state index contributed by atoms with van der Waals surface area (Å²) in [6.45, 7) is 2.01. The van der Waals surface area contributed by atoms with Crippen LogP contribution in [0.25, 0.3) is 0 Å². The van der Waals surface area contributed by atoms with E-state index in [1.54, 1.807) is 6.07 Å². The molecule has 0 saturated heterocycles. The van der Waals surface area contributed by atoms with Gasteiger partial charge in [0.2, 0.25) is 5.91 Å². The van der Waals surface area contributed by atoms with Gasteiger partial charge in [0.05, 0.1) is 5.69 Å². The molecule has 2 rings (SSSR count). The lowest BCUT2D eigenvalue weighted by Crippen LogP contribution is -2.13. The average molecular weight is 272 g/mol. The highest BCUT2D eigenvalue weighted by Crippen LogP contribution is 2.17. The molecular formula is C16H17FN2O. The summed E-state index contributed by atoms with van der Waals surface area (Å²) in [5.74, 6) is -0.730. The van der Waals surface area contributed by atoms with Crippen LogP contribution in [0.4, 0.5) is 15.8 Å². The first-order chi connectivity index (χ1) is 9.56. The second-order valence-electron chi connectivity index (χ2n) is 4.71. The van der Waals surface area contributed by atoms with Crippen LogP contribution in [0.3, 0.4) is 0 Å². The molecule has 0 aliphatic rings. The minimum atomic E-state index is -0.519. The fourth-order valence-corrected chi connectivity index (χ4v) is 1.98. The van der Waals surface area contributed by atoms with Gasteiger partial charge < -0.3 is 11.1 Å². The smallest absolute Gasteiger partial charge is 0.224 e. The maximum atomic E-state index is 13.5. The van der Waals surface area contributed by atoms with Crippen LogP contribution in [0.1, 0.15) is 17.5 Å². The Morgan fingerprint density at radius 1 is 1.25 bits per heavy atom. The Balaban J connectivity index is 1.94. The number of halogens is 1. The van der Waals surface area contributed by atoms with E-state index in [1.807, 2.05) is 31.2 Å². The Labute approximate surface area is 117 Å². The number of nitrogens with one attached hydrogen (secondary N) is 1. The molecular weight excluding hydrogens is 255 g/mol. The van der Waals surface area contributed by atoms with Gasteiger partial charge in [0, 0.05) is 12.1 Å². The average Bonchev–Trinajstić information content (AvgIpc) is 2.41.